The molecule has 0 radical (unpaired) electrons. The van der Waals surface area contributed by atoms with Gasteiger partial charge in [0.1, 0.15) is 12.1 Å². The molecular formula is C33H44ClN9O4S. The highest BCUT2D eigenvalue weighted by atomic mass is 35.5. The average Bonchev–Trinajstić information content (AvgIpc) is 3.66. The first-order valence-electron chi connectivity index (χ1n) is 16.1. The highest BCUT2D eigenvalue weighted by Gasteiger charge is 2.44. The zero-order valence-electron chi connectivity index (χ0n) is 27.9. The Labute approximate surface area is 289 Å². The molecule has 15 heteroatoms. The third kappa shape index (κ3) is 8.23. The number of piperazine rings is 1. The van der Waals surface area contributed by atoms with Gasteiger partial charge in [-0.2, -0.15) is 0 Å². The number of benzene rings is 1. The fourth-order valence-electron chi connectivity index (χ4n) is 6.19. The molecule has 5 rings (SSSR count). The number of nitrogens with zero attached hydrogens (tertiary/aromatic N) is 6. The molecule has 0 aliphatic carbocycles. The number of thiazole rings is 1. The third-order valence-corrected chi connectivity index (χ3v) is 10.1. The molecule has 2 fully saturated rings. The van der Waals surface area contributed by atoms with E-state index in [1.54, 1.807) is 17.4 Å². The predicted octanol–water partition coefficient (Wildman–Crippen LogP) is 2.64. The number of aliphatic hydroxyl groups excluding tert-OH is 1. The van der Waals surface area contributed by atoms with E-state index in [0.717, 1.165) is 21.7 Å². The Balaban J connectivity index is 1.19. The van der Waals surface area contributed by atoms with Gasteiger partial charge in [-0.1, -0.05) is 56.6 Å². The highest BCUT2D eigenvalue weighted by molar-refractivity contribution is 7.13. The van der Waals surface area contributed by atoms with E-state index in [2.05, 4.69) is 30.7 Å². The summed E-state index contributed by atoms with van der Waals surface area (Å²) in [5.41, 5.74) is 10.8. The first kappa shape index (κ1) is 35.5. The normalized spacial score (nSPS) is 20.0. The van der Waals surface area contributed by atoms with Crippen molar-refractivity contribution in [2.45, 2.75) is 65.3 Å². The first-order chi connectivity index (χ1) is 22.7. The standard InChI is InChI=1S/C33H44ClN9O4S/c1-19(21-6-8-22(9-7-21)28-20(2)36-18-48-28)37-31(46)25-14-23(44)16-43(25)32(47)29(33(3,4)5)38-27(45)17-41-10-12-42(13-11-41)24-15-26(34)39-40-30(24)35/h6-9,15,18-19,23,25,29,44H,10-14,16-17H2,1-5H3,(H2,35,40)(H,37,46)(H,38,45)/t19-,23+,25-,29+/m0/s1. The number of aryl methyl sites for hydroxylation is 1. The van der Waals surface area contributed by atoms with Gasteiger partial charge in [0.05, 0.1) is 40.5 Å². The van der Waals surface area contributed by atoms with E-state index >= 15 is 0 Å². The SMILES string of the molecule is Cc1ncsc1-c1ccc([C@H](C)NC(=O)[C@@H]2C[C@@H](O)CN2C(=O)[C@@H](NC(=O)CN2CCN(c3cc(Cl)nnc3N)CC2)C(C)(C)C)cc1. The molecule has 13 nitrogen and oxygen atoms in total. The van der Waals surface area contributed by atoms with Gasteiger partial charge in [0.2, 0.25) is 17.7 Å². The van der Waals surface area contributed by atoms with E-state index in [0.29, 0.717) is 37.7 Å². The summed E-state index contributed by atoms with van der Waals surface area (Å²) in [7, 11) is 0. The van der Waals surface area contributed by atoms with Crippen LogP contribution in [0.5, 0.6) is 0 Å². The van der Waals surface area contributed by atoms with Crippen molar-refractivity contribution >= 4 is 52.2 Å². The van der Waals surface area contributed by atoms with Crippen molar-refractivity contribution < 1.29 is 19.5 Å². The van der Waals surface area contributed by atoms with Gasteiger partial charge in [-0.3, -0.25) is 19.3 Å². The van der Waals surface area contributed by atoms with Crippen molar-refractivity contribution in [3.63, 3.8) is 0 Å². The minimum atomic E-state index is -0.906. The second kappa shape index (κ2) is 14.7. The van der Waals surface area contributed by atoms with E-state index in [1.807, 2.05) is 69.3 Å². The minimum Gasteiger partial charge on any atom is -0.391 e. The van der Waals surface area contributed by atoms with E-state index in [-0.39, 0.29) is 42.5 Å². The lowest BCUT2D eigenvalue weighted by Crippen LogP contribution is -2.59. The van der Waals surface area contributed by atoms with Gasteiger partial charge in [-0.15, -0.1) is 21.5 Å². The lowest BCUT2D eigenvalue weighted by molar-refractivity contribution is -0.144. The molecular weight excluding hydrogens is 654 g/mol. The fraction of sp³-hybridized carbons (Fsp3) is 0.515. The summed E-state index contributed by atoms with van der Waals surface area (Å²) in [6.07, 6.45) is -0.736. The van der Waals surface area contributed by atoms with Crippen LogP contribution in [0.15, 0.2) is 35.8 Å². The molecule has 4 heterocycles. The zero-order chi connectivity index (χ0) is 34.7. The number of nitrogens with two attached hydrogens (primary N) is 1. The number of likely N-dealkylation sites (tertiary alicyclic amines) is 1. The summed E-state index contributed by atoms with van der Waals surface area (Å²) in [6.45, 7) is 12.0. The molecule has 2 saturated heterocycles. The number of carbonyl (C=O) groups excluding carboxylic acids is 3. The Kier molecular flexibility index (Phi) is 10.9. The van der Waals surface area contributed by atoms with Crippen LogP contribution in [-0.4, -0.2) is 105 Å². The number of carbonyl (C=O) groups is 3. The van der Waals surface area contributed by atoms with Crippen LogP contribution in [0, 0.1) is 12.3 Å². The third-order valence-electron chi connectivity index (χ3n) is 8.91. The number of halogens is 1. The molecule has 2 aliphatic heterocycles. The van der Waals surface area contributed by atoms with Crippen molar-refractivity contribution in [2.24, 2.45) is 5.41 Å². The Morgan fingerprint density at radius 1 is 1.10 bits per heavy atom. The van der Waals surface area contributed by atoms with Crippen LogP contribution in [0.3, 0.4) is 0 Å². The molecule has 2 aromatic heterocycles. The molecule has 0 bridgehead atoms. The maximum atomic E-state index is 14.0. The van der Waals surface area contributed by atoms with Crippen molar-refractivity contribution in [2.75, 3.05) is 49.9 Å². The molecule has 0 saturated carbocycles. The monoisotopic (exact) mass is 697 g/mol. The summed E-state index contributed by atoms with van der Waals surface area (Å²) >= 11 is 7.59. The number of β-amino-alcohol motifs (C(OH)–C–C–N with tert-alkyl or cyclic N) is 1. The number of hydrogen-bond acceptors (Lipinski definition) is 11. The number of nitrogens with one attached hydrogen (secondary N) is 2. The molecule has 0 unspecified atom stereocenters. The Morgan fingerprint density at radius 2 is 1.79 bits per heavy atom. The van der Waals surface area contributed by atoms with Crippen molar-refractivity contribution in [3.05, 3.63) is 52.3 Å². The number of anilines is 2. The van der Waals surface area contributed by atoms with Gasteiger partial charge >= 0.3 is 0 Å². The number of nitrogen functional groups attached to an aromatic ring is 1. The van der Waals surface area contributed by atoms with Gasteiger partial charge in [0.25, 0.3) is 0 Å². The first-order valence-corrected chi connectivity index (χ1v) is 17.3. The summed E-state index contributed by atoms with van der Waals surface area (Å²) in [4.78, 5) is 51.8. The van der Waals surface area contributed by atoms with E-state index in [4.69, 9.17) is 17.3 Å². The van der Waals surface area contributed by atoms with Crippen LogP contribution in [0.25, 0.3) is 10.4 Å². The molecule has 3 aromatic rings. The van der Waals surface area contributed by atoms with Crippen LogP contribution in [0.4, 0.5) is 11.5 Å². The molecule has 5 N–H and O–H groups in total. The van der Waals surface area contributed by atoms with Crippen molar-refractivity contribution in [3.8, 4) is 10.4 Å². The van der Waals surface area contributed by atoms with Crippen molar-refractivity contribution in [1.82, 2.24) is 35.6 Å². The summed E-state index contributed by atoms with van der Waals surface area (Å²) in [5, 5.41) is 24.5. The van der Waals surface area contributed by atoms with Gasteiger partial charge < -0.3 is 31.3 Å². The predicted molar refractivity (Wildman–Crippen MR) is 186 cm³/mol. The Hall–Kier alpha value is -3.85. The van der Waals surface area contributed by atoms with Crippen LogP contribution in [0.1, 0.15) is 51.4 Å². The fourth-order valence-corrected chi connectivity index (χ4v) is 7.15. The molecule has 1 aromatic carbocycles. The lowest BCUT2D eigenvalue weighted by atomic mass is 9.85. The number of hydrogen-bond donors (Lipinski definition) is 4. The molecule has 2 aliphatic rings. The lowest BCUT2D eigenvalue weighted by Gasteiger charge is -2.37. The number of rotatable bonds is 9. The average molecular weight is 698 g/mol. The van der Waals surface area contributed by atoms with E-state index in [1.165, 1.54) is 4.90 Å². The van der Waals surface area contributed by atoms with Crippen molar-refractivity contribution in [1.29, 1.82) is 0 Å². The van der Waals surface area contributed by atoms with Gasteiger partial charge in [-0.05, 0) is 30.4 Å². The molecule has 3 amide bonds. The minimum absolute atomic E-state index is 0.00954. The zero-order valence-corrected chi connectivity index (χ0v) is 29.5. The number of aliphatic hydroxyl groups is 1. The highest BCUT2D eigenvalue weighted by Crippen LogP contribution is 2.30. The summed E-state index contributed by atoms with van der Waals surface area (Å²) in [6, 6.07) is 7.53. The second-order valence-electron chi connectivity index (χ2n) is 13.6. The quantitative estimate of drug-likeness (QED) is 0.261. The van der Waals surface area contributed by atoms with Gasteiger partial charge in [-0.25, -0.2) is 4.98 Å². The van der Waals surface area contributed by atoms with Crippen LogP contribution < -0.4 is 21.3 Å². The maximum absolute atomic E-state index is 14.0. The summed E-state index contributed by atoms with van der Waals surface area (Å²) < 4.78 is 0. The van der Waals surface area contributed by atoms with Gasteiger partial charge in [0, 0.05) is 45.2 Å². The molecule has 0 spiro atoms. The van der Waals surface area contributed by atoms with Crippen LogP contribution in [-0.2, 0) is 14.4 Å². The topological polar surface area (TPSA) is 170 Å². The number of amides is 3. The number of aromatic nitrogens is 3. The van der Waals surface area contributed by atoms with Crippen LogP contribution >= 0.6 is 22.9 Å². The molecule has 258 valence electrons. The largest absolute Gasteiger partial charge is 0.391 e. The van der Waals surface area contributed by atoms with E-state index in [9.17, 15) is 19.5 Å². The summed E-state index contributed by atoms with van der Waals surface area (Å²) in [5.74, 6) is -0.747. The Bertz CT molecular complexity index is 1620. The van der Waals surface area contributed by atoms with E-state index < -0.39 is 29.5 Å². The molecule has 48 heavy (non-hydrogen) atoms. The molecule has 4 atom stereocenters. The van der Waals surface area contributed by atoms with Crippen LogP contribution in [0.2, 0.25) is 5.15 Å². The second-order valence-corrected chi connectivity index (χ2v) is 14.8. The smallest absolute Gasteiger partial charge is 0.246 e. The van der Waals surface area contributed by atoms with Gasteiger partial charge in [0.15, 0.2) is 11.0 Å². The maximum Gasteiger partial charge on any atom is 0.246 e. The Morgan fingerprint density at radius 3 is 2.42 bits per heavy atom.